The fourth-order valence-corrected chi connectivity index (χ4v) is 3.75. The molecule has 0 atom stereocenters. The number of rotatable bonds is 5. The molecule has 0 radical (unpaired) electrons. The minimum absolute atomic E-state index is 0.00618. The van der Waals surface area contributed by atoms with Crippen LogP contribution in [-0.4, -0.2) is 40.6 Å². The molecule has 1 aromatic heterocycles. The monoisotopic (exact) mass is 408 g/mol. The van der Waals surface area contributed by atoms with Crippen molar-refractivity contribution in [2.45, 2.75) is 32.6 Å². The van der Waals surface area contributed by atoms with Gasteiger partial charge in [0.1, 0.15) is 5.82 Å². The zero-order valence-electron chi connectivity index (χ0n) is 17.2. The van der Waals surface area contributed by atoms with Gasteiger partial charge in [0.25, 0.3) is 0 Å². The summed E-state index contributed by atoms with van der Waals surface area (Å²) in [6, 6.07) is 12.2. The molecule has 1 fully saturated rings. The third-order valence-corrected chi connectivity index (χ3v) is 5.50. The van der Waals surface area contributed by atoms with Gasteiger partial charge in [0.2, 0.25) is 17.6 Å². The Morgan fingerprint density at radius 2 is 2.00 bits per heavy atom. The van der Waals surface area contributed by atoms with E-state index in [1.165, 1.54) is 12.1 Å². The zero-order chi connectivity index (χ0) is 21.1. The SMILES string of the molecule is Cc1ccc(C)c(NC(=O)CN2CCC(c3nc(-c4cccc(F)c4)no3)CC2)c1. The van der Waals surface area contributed by atoms with Crippen LogP contribution < -0.4 is 5.32 Å². The Kier molecular flexibility index (Phi) is 5.90. The van der Waals surface area contributed by atoms with E-state index in [0.29, 0.717) is 23.8 Å². The summed E-state index contributed by atoms with van der Waals surface area (Å²) in [5.41, 5.74) is 3.64. The third-order valence-electron chi connectivity index (χ3n) is 5.50. The van der Waals surface area contributed by atoms with Crippen LogP contribution in [0.1, 0.15) is 35.8 Å². The van der Waals surface area contributed by atoms with E-state index in [0.717, 1.165) is 42.7 Å². The van der Waals surface area contributed by atoms with E-state index in [9.17, 15) is 9.18 Å². The summed E-state index contributed by atoms with van der Waals surface area (Å²) >= 11 is 0. The number of piperidine rings is 1. The molecular weight excluding hydrogens is 383 g/mol. The predicted molar refractivity (Wildman–Crippen MR) is 113 cm³/mol. The number of aryl methyl sites for hydroxylation is 2. The lowest BCUT2D eigenvalue weighted by Crippen LogP contribution is -2.38. The average molecular weight is 408 g/mol. The van der Waals surface area contributed by atoms with E-state index >= 15 is 0 Å². The van der Waals surface area contributed by atoms with Gasteiger partial charge in [0.15, 0.2) is 0 Å². The summed E-state index contributed by atoms with van der Waals surface area (Å²) in [4.78, 5) is 19.1. The molecule has 0 spiro atoms. The molecule has 3 aromatic rings. The molecule has 1 aliphatic rings. The molecule has 6 nitrogen and oxygen atoms in total. The quantitative estimate of drug-likeness (QED) is 0.681. The van der Waals surface area contributed by atoms with Crippen molar-refractivity contribution < 1.29 is 13.7 Å². The first-order valence-electron chi connectivity index (χ1n) is 10.2. The molecule has 30 heavy (non-hydrogen) atoms. The van der Waals surface area contributed by atoms with E-state index in [1.807, 2.05) is 32.0 Å². The summed E-state index contributed by atoms with van der Waals surface area (Å²) in [5, 5.41) is 7.02. The van der Waals surface area contributed by atoms with Gasteiger partial charge < -0.3 is 9.84 Å². The Hall–Kier alpha value is -3.06. The molecule has 0 aliphatic carbocycles. The lowest BCUT2D eigenvalue weighted by molar-refractivity contribution is -0.117. The number of hydrogen-bond donors (Lipinski definition) is 1. The number of aromatic nitrogens is 2. The van der Waals surface area contributed by atoms with Gasteiger partial charge in [-0.05, 0) is 69.1 Å². The second kappa shape index (κ2) is 8.75. The van der Waals surface area contributed by atoms with Gasteiger partial charge in [0.05, 0.1) is 6.54 Å². The van der Waals surface area contributed by atoms with E-state index in [4.69, 9.17) is 4.52 Å². The van der Waals surface area contributed by atoms with Crippen molar-refractivity contribution in [2.24, 2.45) is 0 Å². The number of carbonyl (C=O) groups excluding carboxylic acids is 1. The molecule has 2 heterocycles. The maximum atomic E-state index is 13.4. The Balaban J connectivity index is 1.31. The smallest absolute Gasteiger partial charge is 0.238 e. The van der Waals surface area contributed by atoms with Crippen molar-refractivity contribution in [1.29, 1.82) is 0 Å². The van der Waals surface area contributed by atoms with Crippen LogP contribution in [0.2, 0.25) is 0 Å². The normalized spacial score (nSPS) is 15.3. The van der Waals surface area contributed by atoms with Crippen molar-refractivity contribution in [2.75, 3.05) is 25.0 Å². The van der Waals surface area contributed by atoms with Crippen LogP contribution in [0, 0.1) is 19.7 Å². The molecule has 7 heteroatoms. The minimum Gasteiger partial charge on any atom is -0.339 e. The van der Waals surface area contributed by atoms with E-state index in [1.54, 1.807) is 12.1 Å². The van der Waals surface area contributed by atoms with Crippen LogP contribution in [-0.2, 0) is 4.79 Å². The maximum Gasteiger partial charge on any atom is 0.238 e. The van der Waals surface area contributed by atoms with Crippen molar-refractivity contribution in [3.8, 4) is 11.4 Å². The number of hydrogen-bond acceptors (Lipinski definition) is 5. The highest BCUT2D eigenvalue weighted by molar-refractivity contribution is 5.93. The summed E-state index contributed by atoms with van der Waals surface area (Å²) in [6.07, 6.45) is 1.67. The summed E-state index contributed by atoms with van der Waals surface area (Å²) < 4.78 is 18.9. The van der Waals surface area contributed by atoms with E-state index in [2.05, 4.69) is 20.4 Å². The average Bonchev–Trinajstić information content (AvgIpc) is 3.22. The Labute approximate surface area is 175 Å². The predicted octanol–water partition coefficient (Wildman–Crippen LogP) is 4.31. The number of carbonyl (C=O) groups is 1. The minimum atomic E-state index is -0.328. The highest BCUT2D eigenvalue weighted by Crippen LogP contribution is 2.28. The number of nitrogens with zero attached hydrogens (tertiary/aromatic N) is 3. The van der Waals surface area contributed by atoms with Crippen LogP contribution in [0.4, 0.5) is 10.1 Å². The Bertz CT molecular complexity index is 1040. The van der Waals surface area contributed by atoms with Gasteiger partial charge >= 0.3 is 0 Å². The second-order valence-corrected chi connectivity index (χ2v) is 7.88. The molecule has 0 bridgehead atoms. The van der Waals surface area contributed by atoms with Gasteiger partial charge in [-0.3, -0.25) is 9.69 Å². The molecular formula is C23H25FN4O2. The highest BCUT2D eigenvalue weighted by Gasteiger charge is 2.26. The topological polar surface area (TPSA) is 71.3 Å². The van der Waals surface area contributed by atoms with Gasteiger partial charge in [-0.1, -0.05) is 29.4 Å². The van der Waals surface area contributed by atoms with Crippen LogP contribution in [0.3, 0.4) is 0 Å². The van der Waals surface area contributed by atoms with E-state index in [-0.39, 0.29) is 17.6 Å². The highest BCUT2D eigenvalue weighted by atomic mass is 19.1. The van der Waals surface area contributed by atoms with Gasteiger partial charge in [-0.15, -0.1) is 0 Å². The summed E-state index contributed by atoms with van der Waals surface area (Å²) in [5.74, 6) is 0.798. The number of likely N-dealkylation sites (tertiary alicyclic amines) is 1. The molecule has 1 amide bonds. The first kappa shape index (κ1) is 20.2. The third kappa shape index (κ3) is 4.74. The largest absolute Gasteiger partial charge is 0.339 e. The van der Waals surface area contributed by atoms with Gasteiger partial charge in [0, 0.05) is 17.2 Å². The van der Waals surface area contributed by atoms with E-state index < -0.39 is 0 Å². The molecule has 4 rings (SSSR count). The first-order chi connectivity index (χ1) is 14.5. The summed E-state index contributed by atoms with van der Waals surface area (Å²) in [7, 11) is 0. The van der Waals surface area contributed by atoms with Crippen molar-refractivity contribution in [1.82, 2.24) is 15.0 Å². The lowest BCUT2D eigenvalue weighted by Gasteiger charge is -2.29. The molecule has 0 unspecified atom stereocenters. The summed E-state index contributed by atoms with van der Waals surface area (Å²) in [6.45, 7) is 5.92. The van der Waals surface area contributed by atoms with Crippen LogP contribution in [0.25, 0.3) is 11.4 Å². The lowest BCUT2D eigenvalue weighted by atomic mass is 9.97. The number of nitrogens with one attached hydrogen (secondary N) is 1. The van der Waals surface area contributed by atoms with Crippen LogP contribution in [0.5, 0.6) is 0 Å². The number of benzene rings is 2. The fraction of sp³-hybridized carbons (Fsp3) is 0.348. The van der Waals surface area contributed by atoms with Crippen LogP contribution >= 0.6 is 0 Å². The molecule has 156 valence electrons. The van der Waals surface area contributed by atoms with Crippen LogP contribution in [0.15, 0.2) is 47.0 Å². The second-order valence-electron chi connectivity index (χ2n) is 7.88. The molecule has 1 saturated heterocycles. The van der Waals surface area contributed by atoms with Gasteiger partial charge in [-0.25, -0.2) is 4.39 Å². The van der Waals surface area contributed by atoms with Crippen molar-refractivity contribution in [3.05, 3.63) is 65.3 Å². The standard InChI is InChI=1S/C23H25FN4O2/c1-15-6-7-16(2)20(12-15)25-21(29)14-28-10-8-17(9-11-28)23-26-22(27-30-23)18-4-3-5-19(24)13-18/h3-7,12-13,17H,8-11,14H2,1-2H3,(H,25,29). The maximum absolute atomic E-state index is 13.4. The number of anilines is 1. The molecule has 1 N–H and O–H groups in total. The van der Waals surface area contributed by atoms with Gasteiger partial charge in [-0.2, -0.15) is 4.98 Å². The first-order valence-corrected chi connectivity index (χ1v) is 10.2. The number of amides is 1. The fourth-order valence-electron chi connectivity index (χ4n) is 3.75. The number of halogens is 1. The Morgan fingerprint density at radius 3 is 2.77 bits per heavy atom. The zero-order valence-corrected chi connectivity index (χ0v) is 17.2. The Morgan fingerprint density at radius 1 is 1.20 bits per heavy atom. The molecule has 1 aliphatic heterocycles. The van der Waals surface area contributed by atoms with Crippen molar-refractivity contribution in [3.63, 3.8) is 0 Å². The molecule has 2 aromatic carbocycles. The van der Waals surface area contributed by atoms with Crippen molar-refractivity contribution >= 4 is 11.6 Å². The molecule has 0 saturated carbocycles.